The maximum atomic E-state index is 6.12. The molecular formula is C24H21N. The van der Waals surface area contributed by atoms with Crippen molar-refractivity contribution in [1.82, 2.24) is 0 Å². The first-order chi connectivity index (χ1) is 12.2. The highest BCUT2D eigenvalue weighted by Gasteiger charge is 2.11. The zero-order chi connectivity index (χ0) is 17.2. The first-order valence-electron chi connectivity index (χ1n) is 8.70. The lowest BCUT2D eigenvalue weighted by atomic mass is 9.90. The average Bonchev–Trinajstić information content (AvgIpc) is 3.08. The third-order valence-electron chi connectivity index (χ3n) is 4.88. The summed E-state index contributed by atoms with van der Waals surface area (Å²) in [4.78, 5) is 0. The summed E-state index contributed by atoms with van der Waals surface area (Å²) in [5.74, 6) is 0. The van der Waals surface area contributed by atoms with Crippen molar-refractivity contribution < 1.29 is 0 Å². The van der Waals surface area contributed by atoms with Gasteiger partial charge in [-0.05, 0) is 71.5 Å². The number of hydrogen-bond acceptors (Lipinski definition) is 1. The molecule has 0 spiro atoms. The molecule has 0 saturated carbocycles. The quantitative estimate of drug-likeness (QED) is 0.838. The number of hydrogen-bond donors (Lipinski definition) is 1. The second-order valence-corrected chi connectivity index (χ2v) is 6.59. The Labute approximate surface area is 148 Å². The van der Waals surface area contributed by atoms with E-state index in [0.29, 0.717) is 0 Å². The predicted molar refractivity (Wildman–Crippen MR) is 107 cm³/mol. The van der Waals surface area contributed by atoms with Crippen LogP contribution in [0.2, 0.25) is 0 Å². The summed E-state index contributed by atoms with van der Waals surface area (Å²) in [6.45, 7) is 2.16. The molecule has 0 aliphatic heterocycles. The molecule has 2 aromatic rings. The van der Waals surface area contributed by atoms with Gasteiger partial charge in [-0.25, -0.2) is 0 Å². The van der Waals surface area contributed by atoms with Gasteiger partial charge in [-0.1, -0.05) is 54.1 Å². The summed E-state index contributed by atoms with van der Waals surface area (Å²) in [5, 5.41) is 2.46. The third-order valence-corrected chi connectivity index (χ3v) is 4.88. The summed E-state index contributed by atoms with van der Waals surface area (Å²) >= 11 is 0. The fourth-order valence-electron chi connectivity index (χ4n) is 3.44. The molecule has 25 heavy (non-hydrogen) atoms. The maximum Gasteiger partial charge on any atom is 0.0349 e. The Balaban J connectivity index is 1.86. The molecule has 0 fully saturated rings. The molecule has 0 aromatic heterocycles. The van der Waals surface area contributed by atoms with E-state index in [4.69, 9.17) is 5.73 Å². The standard InChI is InChI=1S/C24H21N/c1-17-9-11-20-15-13-18-6-4-7-22(18)24(20)21(12-10-17)16-14-19-5-2-3-8-23(19)25/h2-5,7-10,12-13,15-16H,11,14,25H2,1H3/b12-10?,17-9?,21-16+. The molecule has 122 valence electrons. The van der Waals surface area contributed by atoms with Gasteiger partial charge in [0, 0.05) is 10.9 Å². The van der Waals surface area contributed by atoms with Crippen LogP contribution in [-0.2, 0) is 12.8 Å². The van der Waals surface area contributed by atoms with Crippen LogP contribution in [0.4, 0.5) is 5.69 Å². The van der Waals surface area contributed by atoms with Crippen LogP contribution < -0.4 is 16.2 Å². The molecule has 4 rings (SSSR count). The molecule has 0 atom stereocenters. The van der Waals surface area contributed by atoms with E-state index in [1.807, 2.05) is 24.3 Å². The van der Waals surface area contributed by atoms with Gasteiger partial charge in [-0.2, -0.15) is 0 Å². The molecule has 2 aliphatic carbocycles. The van der Waals surface area contributed by atoms with Crippen LogP contribution in [-0.4, -0.2) is 0 Å². The Hall–Kier alpha value is -3.02. The molecule has 0 bridgehead atoms. The fourth-order valence-corrected chi connectivity index (χ4v) is 3.44. The molecule has 2 N–H and O–H groups in total. The van der Waals surface area contributed by atoms with E-state index in [-0.39, 0.29) is 0 Å². The van der Waals surface area contributed by atoms with Gasteiger partial charge < -0.3 is 5.73 Å². The Morgan fingerprint density at radius 2 is 2.00 bits per heavy atom. The average molecular weight is 323 g/mol. The van der Waals surface area contributed by atoms with E-state index in [0.717, 1.165) is 18.5 Å². The maximum absolute atomic E-state index is 6.12. The van der Waals surface area contributed by atoms with Crippen LogP contribution in [0.5, 0.6) is 0 Å². The lowest BCUT2D eigenvalue weighted by Crippen LogP contribution is -2.27. The Morgan fingerprint density at radius 1 is 1.12 bits per heavy atom. The van der Waals surface area contributed by atoms with Crippen molar-refractivity contribution in [2.45, 2.75) is 19.8 Å². The van der Waals surface area contributed by atoms with Crippen molar-refractivity contribution in [2.75, 3.05) is 5.73 Å². The largest absolute Gasteiger partial charge is 0.398 e. The van der Waals surface area contributed by atoms with E-state index in [9.17, 15) is 0 Å². The summed E-state index contributed by atoms with van der Waals surface area (Å²) in [6, 6.07) is 12.5. The van der Waals surface area contributed by atoms with Crippen LogP contribution in [0.1, 0.15) is 23.6 Å². The summed E-state index contributed by atoms with van der Waals surface area (Å²) in [6.07, 6.45) is 15.0. The van der Waals surface area contributed by atoms with Gasteiger partial charge in [0.05, 0.1) is 0 Å². The number of anilines is 1. The Morgan fingerprint density at radius 3 is 2.88 bits per heavy atom. The molecule has 2 aliphatic rings. The Kier molecular flexibility index (Phi) is 4.01. The van der Waals surface area contributed by atoms with Gasteiger partial charge >= 0.3 is 0 Å². The molecule has 0 unspecified atom stereocenters. The molecular weight excluding hydrogens is 302 g/mol. The lowest BCUT2D eigenvalue weighted by Gasteiger charge is -2.14. The minimum atomic E-state index is 0.829. The lowest BCUT2D eigenvalue weighted by molar-refractivity contribution is 1.19. The van der Waals surface area contributed by atoms with E-state index < -0.39 is 0 Å². The van der Waals surface area contributed by atoms with Crippen LogP contribution in [0.15, 0.2) is 72.4 Å². The van der Waals surface area contributed by atoms with Crippen molar-refractivity contribution in [1.29, 1.82) is 0 Å². The summed E-state index contributed by atoms with van der Waals surface area (Å²) in [5.41, 5.74) is 16.7. The van der Waals surface area contributed by atoms with Crippen LogP contribution in [0.3, 0.4) is 0 Å². The van der Waals surface area contributed by atoms with E-state index in [1.165, 1.54) is 38.3 Å². The predicted octanol–water partition coefficient (Wildman–Crippen LogP) is 3.68. The smallest absolute Gasteiger partial charge is 0.0349 e. The minimum absolute atomic E-state index is 0.829. The normalized spacial score (nSPS) is 16.4. The van der Waals surface area contributed by atoms with Crippen molar-refractivity contribution in [3.05, 3.63) is 99.5 Å². The van der Waals surface area contributed by atoms with Gasteiger partial charge in [0.25, 0.3) is 0 Å². The van der Waals surface area contributed by atoms with Crippen LogP contribution in [0.25, 0.3) is 17.4 Å². The second kappa shape index (κ2) is 6.47. The topological polar surface area (TPSA) is 26.0 Å². The molecule has 1 heteroatoms. The summed E-state index contributed by atoms with van der Waals surface area (Å²) < 4.78 is 0. The van der Waals surface area contributed by atoms with Crippen molar-refractivity contribution in [3.63, 3.8) is 0 Å². The Bertz CT molecular complexity index is 1090. The number of fused-ring (bicyclic) bond motifs is 3. The highest BCUT2D eigenvalue weighted by molar-refractivity contribution is 5.79. The van der Waals surface area contributed by atoms with E-state index >= 15 is 0 Å². The van der Waals surface area contributed by atoms with Gasteiger partial charge in [-0.3, -0.25) is 0 Å². The number of rotatable bonds is 2. The minimum Gasteiger partial charge on any atom is -0.398 e. The number of allylic oxidation sites excluding steroid dienone is 7. The highest BCUT2D eigenvalue weighted by atomic mass is 14.6. The monoisotopic (exact) mass is 323 g/mol. The van der Waals surface area contributed by atoms with Gasteiger partial charge in [0.1, 0.15) is 0 Å². The molecule has 1 nitrogen and oxygen atoms in total. The SMILES string of the molecule is CC1=CCc2ccc3c(c2/C(=C/Cc2ccccc2N)C=C1)=CC=C=3. The zero-order valence-corrected chi connectivity index (χ0v) is 14.4. The van der Waals surface area contributed by atoms with Gasteiger partial charge in [-0.15, -0.1) is 5.73 Å². The fraction of sp³-hybridized carbons (Fsp3) is 0.125. The number of para-hydroxylation sites is 1. The van der Waals surface area contributed by atoms with Crippen molar-refractivity contribution in [2.24, 2.45) is 0 Å². The molecule has 2 aromatic carbocycles. The first kappa shape index (κ1) is 15.5. The molecule has 0 saturated heterocycles. The number of benzene rings is 2. The van der Waals surface area contributed by atoms with E-state index in [1.54, 1.807) is 0 Å². The van der Waals surface area contributed by atoms with Crippen molar-refractivity contribution >= 4 is 23.1 Å². The van der Waals surface area contributed by atoms with Gasteiger partial charge in [0.15, 0.2) is 0 Å². The van der Waals surface area contributed by atoms with Gasteiger partial charge in [0.2, 0.25) is 0 Å². The van der Waals surface area contributed by atoms with Crippen LogP contribution >= 0.6 is 0 Å². The molecule has 0 radical (unpaired) electrons. The van der Waals surface area contributed by atoms with Crippen molar-refractivity contribution in [3.8, 4) is 0 Å². The third kappa shape index (κ3) is 3.03. The highest BCUT2D eigenvalue weighted by Crippen LogP contribution is 2.23. The second-order valence-electron chi connectivity index (χ2n) is 6.59. The summed E-state index contributed by atoms with van der Waals surface area (Å²) in [7, 11) is 0. The number of nitrogens with two attached hydrogens (primary N) is 1. The molecule has 0 amide bonds. The van der Waals surface area contributed by atoms with E-state index in [2.05, 4.69) is 61.2 Å². The first-order valence-corrected chi connectivity index (χ1v) is 8.70. The number of nitrogen functional groups attached to an aromatic ring is 1. The molecule has 0 heterocycles. The van der Waals surface area contributed by atoms with Crippen LogP contribution in [0, 0.1) is 0 Å². The zero-order valence-electron chi connectivity index (χ0n) is 14.4.